The number of alkyl halides is 1. The Labute approximate surface area is 190 Å². The number of likely N-dealkylation sites (tertiary alicyclic amines) is 1. The van der Waals surface area contributed by atoms with Crippen LogP contribution in [0.15, 0.2) is 73.3 Å². The molecule has 0 radical (unpaired) electrons. The lowest BCUT2D eigenvalue weighted by Gasteiger charge is -2.35. The third-order valence-electron chi connectivity index (χ3n) is 5.64. The molecular formula is C24H23FN6O2. The zero-order valence-corrected chi connectivity index (χ0v) is 17.8. The molecule has 1 aliphatic heterocycles. The van der Waals surface area contributed by atoms with E-state index in [4.69, 9.17) is 4.74 Å². The van der Waals surface area contributed by atoms with E-state index in [9.17, 15) is 9.18 Å². The summed E-state index contributed by atoms with van der Waals surface area (Å²) in [5.41, 5.74) is 3.10. The largest absolute Gasteiger partial charge is 0.445 e. The van der Waals surface area contributed by atoms with Crippen molar-refractivity contribution in [3.05, 3.63) is 78.9 Å². The number of fused-ring (bicyclic) bond motifs is 1. The Bertz CT molecular complexity index is 1250. The molecule has 5 rings (SSSR count). The van der Waals surface area contributed by atoms with E-state index in [1.54, 1.807) is 18.6 Å². The summed E-state index contributed by atoms with van der Waals surface area (Å²) >= 11 is 0. The number of rotatable bonds is 5. The second kappa shape index (κ2) is 9.23. The van der Waals surface area contributed by atoms with Gasteiger partial charge in [-0.3, -0.25) is 9.38 Å². The zero-order chi connectivity index (χ0) is 22.6. The lowest BCUT2D eigenvalue weighted by atomic mass is 10.0. The molecule has 4 aromatic rings. The molecule has 1 amide bonds. The summed E-state index contributed by atoms with van der Waals surface area (Å²) in [6.45, 7) is 0.664. The quantitative estimate of drug-likeness (QED) is 0.500. The number of carbonyl (C=O) groups is 1. The van der Waals surface area contributed by atoms with Gasteiger partial charge in [-0.05, 0) is 24.1 Å². The van der Waals surface area contributed by atoms with E-state index in [0.717, 1.165) is 16.9 Å². The van der Waals surface area contributed by atoms with Gasteiger partial charge in [0.15, 0.2) is 0 Å². The normalized spacial score (nSPS) is 18.3. The van der Waals surface area contributed by atoms with E-state index in [1.165, 1.54) is 4.90 Å². The lowest BCUT2D eigenvalue weighted by Crippen LogP contribution is -2.51. The van der Waals surface area contributed by atoms with Crippen LogP contribution in [0.3, 0.4) is 0 Å². The SMILES string of the molecule is O=C(OCc1ccccc1)N1CC[C@H](F)[C@H](Nc2cncc(-c3cnc4ccccn34)n2)C1. The van der Waals surface area contributed by atoms with Gasteiger partial charge in [0.05, 0.1) is 30.3 Å². The minimum Gasteiger partial charge on any atom is -0.445 e. The van der Waals surface area contributed by atoms with Crippen LogP contribution in [0.1, 0.15) is 12.0 Å². The number of benzene rings is 1. The van der Waals surface area contributed by atoms with Crippen molar-refractivity contribution in [2.75, 3.05) is 18.4 Å². The van der Waals surface area contributed by atoms with Crippen LogP contribution in [-0.2, 0) is 11.3 Å². The first-order valence-corrected chi connectivity index (χ1v) is 10.8. The molecule has 4 heterocycles. The van der Waals surface area contributed by atoms with Crippen LogP contribution in [0, 0.1) is 0 Å². The molecular weight excluding hydrogens is 423 g/mol. The van der Waals surface area contributed by atoms with Gasteiger partial charge in [0, 0.05) is 19.3 Å². The number of aromatic nitrogens is 4. The summed E-state index contributed by atoms with van der Waals surface area (Å²) in [4.78, 5) is 27.3. The molecule has 1 fully saturated rings. The molecule has 168 valence electrons. The smallest absolute Gasteiger partial charge is 0.410 e. The Morgan fingerprint density at radius 2 is 1.97 bits per heavy atom. The van der Waals surface area contributed by atoms with Gasteiger partial charge >= 0.3 is 6.09 Å². The number of nitrogens with zero attached hydrogens (tertiary/aromatic N) is 5. The highest BCUT2D eigenvalue weighted by Gasteiger charge is 2.32. The fraction of sp³-hybridized carbons (Fsp3) is 0.250. The summed E-state index contributed by atoms with van der Waals surface area (Å²) in [6.07, 6.45) is 5.46. The minimum atomic E-state index is -1.12. The number of anilines is 1. The van der Waals surface area contributed by atoms with Crippen molar-refractivity contribution in [3.63, 3.8) is 0 Å². The minimum absolute atomic E-state index is 0.177. The number of amides is 1. The van der Waals surface area contributed by atoms with Gasteiger partial charge in [-0.25, -0.2) is 19.2 Å². The number of halogens is 1. The predicted molar refractivity (Wildman–Crippen MR) is 121 cm³/mol. The number of piperidine rings is 1. The Kier molecular flexibility index (Phi) is 5.84. The van der Waals surface area contributed by atoms with E-state index in [1.807, 2.05) is 59.1 Å². The van der Waals surface area contributed by atoms with E-state index in [0.29, 0.717) is 18.1 Å². The number of pyridine rings is 1. The number of nitrogens with one attached hydrogen (secondary N) is 1. The van der Waals surface area contributed by atoms with Gasteiger partial charge in [-0.15, -0.1) is 0 Å². The van der Waals surface area contributed by atoms with Crippen molar-refractivity contribution in [1.29, 1.82) is 0 Å². The fourth-order valence-electron chi connectivity index (χ4n) is 3.91. The average Bonchev–Trinajstić information content (AvgIpc) is 3.29. The van der Waals surface area contributed by atoms with Crippen molar-refractivity contribution in [2.45, 2.75) is 25.2 Å². The van der Waals surface area contributed by atoms with Gasteiger partial charge in [0.25, 0.3) is 0 Å². The zero-order valence-electron chi connectivity index (χ0n) is 17.8. The highest BCUT2D eigenvalue weighted by atomic mass is 19.1. The van der Waals surface area contributed by atoms with Crippen molar-refractivity contribution >= 4 is 17.6 Å². The summed E-state index contributed by atoms with van der Waals surface area (Å²) in [7, 11) is 0. The van der Waals surface area contributed by atoms with E-state index in [-0.39, 0.29) is 19.6 Å². The van der Waals surface area contributed by atoms with Crippen molar-refractivity contribution in [1.82, 2.24) is 24.3 Å². The van der Waals surface area contributed by atoms with Crippen LogP contribution in [0.2, 0.25) is 0 Å². The lowest BCUT2D eigenvalue weighted by molar-refractivity contribution is 0.0729. The van der Waals surface area contributed by atoms with Gasteiger partial charge in [-0.1, -0.05) is 36.4 Å². The van der Waals surface area contributed by atoms with Gasteiger partial charge in [-0.2, -0.15) is 0 Å². The maximum Gasteiger partial charge on any atom is 0.410 e. The molecule has 0 saturated carbocycles. The number of hydrogen-bond acceptors (Lipinski definition) is 6. The molecule has 0 spiro atoms. The number of carbonyl (C=O) groups excluding carboxylic acids is 1. The summed E-state index contributed by atoms with van der Waals surface area (Å²) < 4.78 is 22.0. The Balaban J connectivity index is 1.26. The van der Waals surface area contributed by atoms with Crippen LogP contribution in [0.4, 0.5) is 15.0 Å². The van der Waals surface area contributed by atoms with Gasteiger partial charge in [0.1, 0.15) is 29.9 Å². The molecule has 2 atom stereocenters. The standard InChI is InChI=1S/C24H23FN6O2/c25-18-9-11-30(24(32)33-16-17-6-2-1-3-7-17)15-20(18)29-22-14-26-12-19(28-22)21-13-27-23-8-4-5-10-31(21)23/h1-8,10,12-14,18,20H,9,11,15-16H2,(H,28,29)/t18-,20+/m0/s1. The number of ether oxygens (including phenoxy) is 1. The van der Waals surface area contributed by atoms with Gasteiger partial charge < -0.3 is 15.0 Å². The molecule has 0 bridgehead atoms. The fourth-order valence-corrected chi connectivity index (χ4v) is 3.91. The first-order valence-electron chi connectivity index (χ1n) is 10.8. The molecule has 1 aliphatic rings. The monoisotopic (exact) mass is 446 g/mol. The van der Waals surface area contributed by atoms with Crippen molar-refractivity contribution in [2.24, 2.45) is 0 Å². The highest BCUT2D eigenvalue weighted by Crippen LogP contribution is 2.22. The Morgan fingerprint density at radius 3 is 2.85 bits per heavy atom. The van der Waals surface area contributed by atoms with Crippen LogP contribution in [0.25, 0.3) is 17.0 Å². The molecule has 3 aromatic heterocycles. The Morgan fingerprint density at radius 1 is 1.12 bits per heavy atom. The molecule has 1 N–H and O–H groups in total. The molecule has 8 nitrogen and oxygen atoms in total. The summed E-state index contributed by atoms with van der Waals surface area (Å²) in [5.74, 6) is 0.436. The second-order valence-corrected chi connectivity index (χ2v) is 7.90. The van der Waals surface area contributed by atoms with Crippen LogP contribution < -0.4 is 5.32 Å². The van der Waals surface area contributed by atoms with E-state index in [2.05, 4.69) is 20.3 Å². The third-order valence-corrected chi connectivity index (χ3v) is 5.64. The van der Waals surface area contributed by atoms with E-state index < -0.39 is 18.3 Å². The van der Waals surface area contributed by atoms with Gasteiger partial charge in [0.2, 0.25) is 0 Å². The highest BCUT2D eigenvalue weighted by molar-refractivity contribution is 5.68. The number of hydrogen-bond donors (Lipinski definition) is 1. The molecule has 33 heavy (non-hydrogen) atoms. The molecule has 9 heteroatoms. The van der Waals surface area contributed by atoms with Crippen molar-refractivity contribution in [3.8, 4) is 11.4 Å². The first kappa shape index (κ1) is 20.9. The maximum absolute atomic E-state index is 14.7. The third kappa shape index (κ3) is 4.62. The first-order chi connectivity index (χ1) is 16.2. The Hall–Kier alpha value is -4.01. The average molecular weight is 446 g/mol. The summed E-state index contributed by atoms with van der Waals surface area (Å²) in [5, 5.41) is 3.11. The number of imidazole rings is 1. The summed E-state index contributed by atoms with van der Waals surface area (Å²) in [6, 6.07) is 14.6. The molecule has 1 aromatic carbocycles. The van der Waals surface area contributed by atoms with Crippen molar-refractivity contribution < 1.29 is 13.9 Å². The topological polar surface area (TPSA) is 84.6 Å². The molecule has 1 saturated heterocycles. The maximum atomic E-state index is 14.7. The van der Waals surface area contributed by atoms with E-state index >= 15 is 0 Å². The molecule has 0 aliphatic carbocycles. The van der Waals surface area contributed by atoms with Crippen LogP contribution in [0.5, 0.6) is 0 Å². The predicted octanol–water partition coefficient (Wildman–Crippen LogP) is 3.95. The van der Waals surface area contributed by atoms with Crippen LogP contribution in [-0.4, -0.2) is 55.6 Å². The molecule has 0 unspecified atom stereocenters. The van der Waals surface area contributed by atoms with Crippen LogP contribution >= 0.6 is 0 Å². The second-order valence-electron chi connectivity index (χ2n) is 7.90.